The van der Waals surface area contributed by atoms with Crippen LogP contribution in [0, 0.1) is 0 Å². The Labute approximate surface area is 102 Å². The summed E-state index contributed by atoms with van der Waals surface area (Å²) in [4.78, 5) is 24.0. The van der Waals surface area contributed by atoms with Gasteiger partial charge < -0.3 is 20.9 Å². The number of nitrogens with zero attached hydrogens (tertiary/aromatic N) is 1. The van der Waals surface area contributed by atoms with Gasteiger partial charge in [-0.15, -0.1) is 0 Å². The molecule has 6 heteroatoms. The summed E-state index contributed by atoms with van der Waals surface area (Å²) >= 11 is 0. The number of nitrogens with one attached hydrogen (secondary N) is 3. The monoisotopic (exact) mass is 242 g/mol. The minimum absolute atomic E-state index is 0.143. The summed E-state index contributed by atoms with van der Waals surface area (Å²) in [6.45, 7) is 0.882. The van der Waals surface area contributed by atoms with Crippen molar-refractivity contribution >= 4 is 12.1 Å². The van der Waals surface area contributed by atoms with Gasteiger partial charge in [-0.25, -0.2) is 9.59 Å². The highest BCUT2D eigenvalue weighted by molar-refractivity contribution is 5.75. The molecule has 3 N–H and O–H groups in total. The van der Waals surface area contributed by atoms with Crippen LogP contribution in [0.15, 0.2) is 0 Å². The van der Waals surface area contributed by atoms with Crippen LogP contribution in [-0.4, -0.2) is 50.2 Å². The minimum atomic E-state index is -0.150. The van der Waals surface area contributed by atoms with E-state index in [-0.39, 0.29) is 12.1 Å². The summed E-state index contributed by atoms with van der Waals surface area (Å²) in [6, 6.07) is 0.0327. The van der Waals surface area contributed by atoms with E-state index in [0.717, 1.165) is 12.8 Å². The van der Waals surface area contributed by atoms with Crippen LogP contribution in [0.5, 0.6) is 0 Å². The molecule has 1 saturated carbocycles. The first-order chi connectivity index (χ1) is 8.09. The summed E-state index contributed by atoms with van der Waals surface area (Å²) in [5.74, 6) is 0. The Hall–Kier alpha value is -1.46. The molecule has 0 aromatic heterocycles. The molecule has 1 fully saturated rings. The Kier molecular flexibility index (Phi) is 5.59. The van der Waals surface area contributed by atoms with Crippen molar-refractivity contribution in [1.29, 1.82) is 0 Å². The second kappa shape index (κ2) is 6.98. The molecule has 1 rings (SSSR count). The molecule has 0 spiro atoms. The molecule has 0 atom stereocenters. The lowest BCUT2D eigenvalue weighted by molar-refractivity contribution is 0.216. The normalized spacial score (nSPS) is 15.4. The van der Waals surface area contributed by atoms with Crippen LogP contribution in [0.25, 0.3) is 0 Å². The number of hydrogen-bond donors (Lipinski definition) is 3. The van der Waals surface area contributed by atoms with Gasteiger partial charge in [0.05, 0.1) is 0 Å². The Morgan fingerprint density at radius 1 is 1.12 bits per heavy atom. The highest BCUT2D eigenvalue weighted by atomic mass is 16.2. The van der Waals surface area contributed by atoms with Gasteiger partial charge >= 0.3 is 12.1 Å². The fourth-order valence-electron chi connectivity index (χ4n) is 1.81. The Morgan fingerprint density at radius 3 is 2.29 bits per heavy atom. The van der Waals surface area contributed by atoms with Crippen molar-refractivity contribution in [2.75, 3.05) is 27.2 Å². The van der Waals surface area contributed by atoms with E-state index in [4.69, 9.17) is 0 Å². The number of carbonyl (C=O) groups is 2. The first kappa shape index (κ1) is 13.6. The van der Waals surface area contributed by atoms with Gasteiger partial charge in [0.2, 0.25) is 0 Å². The minimum Gasteiger partial charge on any atom is -0.336 e. The zero-order valence-corrected chi connectivity index (χ0v) is 10.6. The molecule has 17 heavy (non-hydrogen) atoms. The first-order valence-electron chi connectivity index (χ1n) is 6.09. The van der Waals surface area contributed by atoms with Crippen molar-refractivity contribution in [1.82, 2.24) is 20.9 Å². The van der Waals surface area contributed by atoms with E-state index in [0.29, 0.717) is 19.1 Å². The van der Waals surface area contributed by atoms with E-state index in [1.54, 1.807) is 14.1 Å². The molecular weight excluding hydrogens is 220 g/mol. The molecule has 4 amide bonds. The largest absolute Gasteiger partial charge is 0.336 e. The Morgan fingerprint density at radius 2 is 1.71 bits per heavy atom. The third-order valence-corrected chi connectivity index (χ3v) is 2.78. The van der Waals surface area contributed by atoms with Gasteiger partial charge in [-0.05, 0) is 12.8 Å². The maximum atomic E-state index is 11.4. The zero-order chi connectivity index (χ0) is 12.7. The Balaban J connectivity index is 2.02. The standard InChI is InChI=1S/C11H22N4O2/c1-15(2)11(17)13-8-7-12-10(16)14-9-5-3-4-6-9/h9H,3-8H2,1-2H3,(H,13,17)(H2,12,14,16). The van der Waals surface area contributed by atoms with E-state index < -0.39 is 0 Å². The number of urea groups is 2. The topological polar surface area (TPSA) is 73.5 Å². The molecule has 0 aliphatic heterocycles. The van der Waals surface area contributed by atoms with Gasteiger partial charge in [0, 0.05) is 33.2 Å². The predicted octanol–water partition coefficient (Wildman–Crippen LogP) is 0.499. The number of rotatable bonds is 4. The van der Waals surface area contributed by atoms with E-state index in [1.165, 1.54) is 17.7 Å². The molecule has 0 bridgehead atoms. The second-order valence-electron chi connectivity index (χ2n) is 4.51. The average molecular weight is 242 g/mol. The third-order valence-electron chi connectivity index (χ3n) is 2.78. The fraction of sp³-hybridized carbons (Fsp3) is 0.818. The zero-order valence-electron chi connectivity index (χ0n) is 10.6. The summed E-state index contributed by atoms with van der Waals surface area (Å²) in [5, 5.41) is 8.31. The molecule has 98 valence electrons. The molecule has 1 aliphatic carbocycles. The third kappa shape index (κ3) is 5.42. The van der Waals surface area contributed by atoms with E-state index in [2.05, 4.69) is 16.0 Å². The van der Waals surface area contributed by atoms with Crippen LogP contribution in [0.4, 0.5) is 9.59 Å². The quantitative estimate of drug-likeness (QED) is 0.628. The van der Waals surface area contributed by atoms with Crippen LogP contribution in [0.2, 0.25) is 0 Å². The van der Waals surface area contributed by atoms with Crippen molar-refractivity contribution in [2.45, 2.75) is 31.7 Å². The maximum absolute atomic E-state index is 11.4. The Bertz CT molecular complexity index is 262. The summed E-state index contributed by atoms with van der Waals surface area (Å²) in [7, 11) is 3.35. The number of amides is 4. The highest BCUT2D eigenvalue weighted by Gasteiger charge is 2.16. The van der Waals surface area contributed by atoms with Crippen molar-refractivity contribution in [3.05, 3.63) is 0 Å². The van der Waals surface area contributed by atoms with Crippen LogP contribution in [0.3, 0.4) is 0 Å². The van der Waals surface area contributed by atoms with E-state index >= 15 is 0 Å². The van der Waals surface area contributed by atoms with Gasteiger partial charge in [0.25, 0.3) is 0 Å². The lowest BCUT2D eigenvalue weighted by Crippen LogP contribution is -2.44. The number of hydrogen-bond acceptors (Lipinski definition) is 2. The fourth-order valence-corrected chi connectivity index (χ4v) is 1.81. The van der Waals surface area contributed by atoms with Crippen molar-refractivity contribution in [3.8, 4) is 0 Å². The van der Waals surface area contributed by atoms with Crippen molar-refractivity contribution in [3.63, 3.8) is 0 Å². The molecule has 1 aliphatic rings. The SMILES string of the molecule is CN(C)C(=O)NCCNC(=O)NC1CCCC1. The lowest BCUT2D eigenvalue weighted by atomic mass is 10.2. The maximum Gasteiger partial charge on any atom is 0.316 e. The van der Waals surface area contributed by atoms with Crippen LogP contribution < -0.4 is 16.0 Å². The predicted molar refractivity (Wildman–Crippen MR) is 65.9 cm³/mol. The van der Waals surface area contributed by atoms with Gasteiger partial charge in [-0.2, -0.15) is 0 Å². The highest BCUT2D eigenvalue weighted by Crippen LogP contribution is 2.17. The van der Waals surface area contributed by atoms with Crippen LogP contribution >= 0.6 is 0 Å². The van der Waals surface area contributed by atoms with Gasteiger partial charge in [-0.3, -0.25) is 0 Å². The summed E-state index contributed by atoms with van der Waals surface area (Å²) in [6.07, 6.45) is 4.54. The van der Waals surface area contributed by atoms with Gasteiger partial charge in [0.1, 0.15) is 0 Å². The molecule has 0 unspecified atom stereocenters. The summed E-state index contributed by atoms with van der Waals surface area (Å²) < 4.78 is 0. The van der Waals surface area contributed by atoms with Crippen LogP contribution in [-0.2, 0) is 0 Å². The van der Waals surface area contributed by atoms with Crippen molar-refractivity contribution in [2.24, 2.45) is 0 Å². The molecule has 6 nitrogen and oxygen atoms in total. The molecule has 0 aromatic carbocycles. The number of carbonyl (C=O) groups excluding carboxylic acids is 2. The molecule has 0 radical (unpaired) electrons. The van der Waals surface area contributed by atoms with Crippen molar-refractivity contribution < 1.29 is 9.59 Å². The van der Waals surface area contributed by atoms with Crippen LogP contribution in [0.1, 0.15) is 25.7 Å². The summed E-state index contributed by atoms with van der Waals surface area (Å²) in [5.41, 5.74) is 0. The molecule has 0 saturated heterocycles. The molecule has 0 heterocycles. The first-order valence-corrected chi connectivity index (χ1v) is 6.09. The smallest absolute Gasteiger partial charge is 0.316 e. The second-order valence-corrected chi connectivity index (χ2v) is 4.51. The van der Waals surface area contributed by atoms with Gasteiger partial charge in [-0.1, -0.05) is 12.8 Å². The van der Waals surface area contributed by atoms with Gasteiger partial charge in [0.15, 0.2) is 0 Å². The average Bonchev–Trinajstić information content (AvgIpc) is 2.76. The molecule has 0 aromatic rings. The van der Waals surface area contributed by atoms with E-state index in [9.17, 15) is 9.59 Å². The molecular formula is C11H22N4O2. The van der Waals surface area contributed by atoms with E-state index in [1.807, 2.05) is 0 Å². The lowest BCUT2D eigenvalue weighted by Gasteiger charge is -2.14.